The fourth-order valence-electron chi connectivity index (χ4n) is 4.16. The van der Waals surface area contributed by atoms with Gasteiger partial charge < -0.3 is 15.0 Å². The number of nitrogens with zero attached hydrogens (tertiary/aromatic N) is 2. The average Bonchev–Trinajstić information content (AvgIpc) is 3.08. The number of carbonyl (C=O) groups is 3. The number of rotatable bonds is 7. The van der Waals surface area contributed by atoms with Gasteiger partial charge in [0.25, 0.3) is 5.69 Å². The molecule has 1 N–H and O–H groups in total. The molecule has 2 heterocycles. The van der Waals surface area contributed by atoms with Crippen molar-refractivity contribution in [2.45, 2.75) is 49.1 Å². The SMILES string of the molecule is CC(C(=O)NC1C(=O)N2C(C(=O)OCc3ccc([N+](=O)[O-])cc3)C(C)S(=O)[C@@H]12)c1ccccc1. The molecule has 2 aromatic carbocycles. The molecule has 0 aliphatic carbocycles. The number of nitro groups is 1. The zero-order valence-corrected chi connectivity index (χ0v) is 19.3. The first-order valence-electron chi connectivity index (χ1n) is 10.7. The Balaban J connectivity index is 1.39. The summed E-state index contributed by atoms with van der Waals surface area (Å²) in [5.74, 6) is -2.05. The van der Waals surface area contributed by atoms with Crippen molar-refractivity contribution in [2.75, 3.05) is 0 Å². The van der Waals surface area contributed by atoms with E-state index in [-0.39, 0.29) is 18.2 Å². The molecule has 0 spiro atoms. The highest BCUT2D eigenvalue weighted by Crippen LogP contribution is 2.38. The zero-order chi connectivity index (χ0) is 24.6. The lowest BCUT2D eigenvalue weighted by Crippen LogP contribution is -2.71. The largest absolute Gasteiger partial charge is 0.459 e. The molecule has 10 nitrogen and oxygen atoms in total. The first kappa shape index (κ1) is 23.6. The summed E-state index contributed by atoms with van der Waals surface area (Å²) < 4.78 is 18.2. The van der Waals surface area contributed by atoms with Gasteiger partial charge in [-0.25, -0.2) is 4.79 Å². The molecular formula is C23H23N3O7S. The van der Waals surface area contributed by atoms with E-state index >= 15 is 0 Å². The number of esters is 1. The Labute approximate surface area is 197 Å². The number of nitrogens with one attached hydrogen (secondary N) is 1. The maximum Gasteiger partial charge on any atom is 0.330 e. The maximum absolute atomic E-state index is 12.9. The molecule has 0 aromatic heterocycles. The molecule has 0 saturated carbocycles. The van der Waals surface area contributed by atoms with E-state index in [1.54, 1.807) is 13.8 Å². The normalized spacial score (nSPS) is 26.2. The van der Waals surface area contributed by atoms with E-state index in [2.05, 4.69) is 5.32 Å². The predicted molar refractivity (Wildman–Crippen MR) is 122 cm³/mol. The van der Waals surface area contributed by atoms with Crippen molar-refractivity contribution in [3.8, 4) is 0 Å². The molecule has 6 atom stereocenters. The molecule has 5 unspecified atom stereocenters. The summed E-state index contributed by atoms with van der Waals surface area (Å²) >= 11 is 0. The predicted octanol–water partition coefficient (Wildman–Crippen LogP) is 1.61. The molecule has 2 aromatic rings. The van der Waals surface area contributed by atoms with Crippen molar-refractivity contribution < 1.29 is 28.3 Å². The van der Waals surface area contributed by atoms with Crippen molar-refractivity contribution in [2.24, 2.45) is 0 Å². The van der Waals surface area contributed by atoms with Crippen LogP contribution >= 0.6 is 0 Å². The summed E-state index contributed by atoms with van der Waals surface area (Å²) in [7, 11) is -1.57. The van der Waals surface area contributed by atoms with E-state index in [4.69, 9.17) is 4.74 Å². The number of amides is 2. The first-order valence-corrected chi connectivity index (χ1v) is 11.9. The Morgan fingerprint density at radius 3 is 2.44 bits per heavy atom. The van der Waals surface area contributed by atoms with Crippen LogP contribution in [0.1, 0.15) is 30.9 Å². The number of hydrogen-bond donors (Lipinski definition) is 1. The molecule has 34 heavy (non-hydrogen) atoms. The van der Waals surface area contributed by atoms with Gasteiger partial charge in [0.15, 0.2) is 0 Å². The highest BCUT2D eigenvalue weighted by atomic mass is 32.2. The van der Waals surface area contributed by atoms with Crippen LogP contribution in [0.2, 0.25) is 0 Å². The molecule has 4 rings (SSSR count). The number of hydrogen-bond acceptors (Lipinski definition) is 7. The monoisotopic (exact) mass is 485 g/mol. The molecule has 0 radical (unpaired) electrons. The van der Waals surface area contributed by atoms with E-state index in [0.29, 0.717) is 5.56 Å². The molecular weight excluding hydrogens is 462 g/mol. The molecule has 2 amide bonds. The summed E-state index contributed by atoms with van der Waals surface area (Å²) in [6, 6.07) is 12.6. The van der Waals surface area contributed by atoms with Gasteiger partial charge in [-0.3, -0.25) is 23.9 Å². The van der Waals surface area contributed by atoms with Crippen LogP contribution in [-0.2, 0) is 36.5 Å². The maximum atomic E-state index is 12.9. The standard InChI is InChI=1S/C23H23N3O7S/c1-13(16-6-4-3-5-7-16)20(27)24-18-21(28)25-19(14(2)34(32)22(18)25)23(29)33-12-15-8-10-17(11-9-15)26(30)31/h3-11,13-14,18-19,22H,12H2,1-2H3,(H,24,27)/t13?,14?,18?,19?,22-,34?/m0/s1. The second-order valence-corrected chi connectivity index (χ2v) is 10.1. The minimum absolute atomic E-state index is 0.0847. The van der Waals surface area contributed by atoms with Crippen molar-refractivity contribution in [3.05, 3.63) is 75.8 Å². The topological polar surface area (TPSA) is 136 Å². The van der Waals surface area contributed by atoms with Crippen molar-refractivity contribution in [1.82, 2.24) is 10.2 Å². The molecule has 2 saturated heterocycles. The quantitative estimate of drug-likeness (QED) is 0.272. The smallest absolute Gasteiger partial charge is 0.330 e. The van der Waals surface area contributed by atoms with Crippen LogP contribution in [0.3, 0.4) is 0 Å². The average molecular weight is 486 g/mol. The molecule has 178 valence electrons. The third-order valence-corrected chi connectivity index (χ3v) is 8.15. The van der Waals surface area contributed by atoms with E-state index in [1.165, 1.54) is 29.2 Å². The van der Waals surface area contributed by atoms with Crippen molar-refractivity contribution in [1.29, 1.82) is 0 Å². The summed E-state index contributed by atoms with van der Waals surface area (Å²) in [5, 5.41) is 12.0. The summed E-state index contributed by atoms with van der Waals surface area (Å²) in [6.07, 6.45) is 0. The minimum Gasteiger partial charge on any atom is -0.459 e. The second-order valence-electron chi connectivity index (χ2n) is 8.26. The number of β-lactam (4-membered cyclic amide) rings is 1. The molecule has 2 aliphatic heterocycles. The van der Waals surface area contributed by atoms with Gasteiger partial charge in [0, 0.05) is 12.1 Å². The number of nitro benzene ring substituents is 1. The van der Waals surface area contributed by atoms with Crippen molar-refractivity contribution >= 4 is 34.3 Å². The molecule has 2 aliphatic rings. The van der Waals surface area contributed by atoms with Crippen molar-refractivity contribution in [3.63, 3.8) is 0 Å². The van der Waals surface area contributed by atoms with Crippen LogP contribution in [-0.4, -0.2) is 54.5 Å². The Hall–Kier alpha value is -3.60. The number of non-ortho nitro benzene ring substituents is 1. The van der Waals surface area contributed by atoms with Gasteiger partial charge in [0.1, 0.15) is 24.1 Å². The fraction of sp³-hybridized carbons (Fsp3) is 0.348. The van der Waals surface area contributed by atoms with E-state index < -0.39 is 56.2 Å². The molecule has 11 heteroatoms. The lowest BCUT2D eigenvalue weighted by atomic mass is 9.98. The van der Waals surface area contributed by atoms with E-state index in [0.717, 1.165) is 5.56 Å². The molecule has 2 fully saturated rings. The minimum atomic E-state index is -1.57. The Bertz CT molecular complexity index is 1150. The van der Waals surface area contributed by atoms with Crippen LogP contribution in [0, 0.1) is 10.1 Å². The zero-order valence-electron chi connectivity index (χ0n) is 18.5. The van der Waals surface area contributed by atoms with Crippen LogP contribution < -0.4 is 5.32 Å². The van der Waals surface area contributed by atoms with Gasteiger partial charge in [0.05, 0.1) is 26.9 Å². The summed E-state index contributed by atoms with van der Waals surface area (Å²) in [5.41, 5.74) is 1.24. The van der Waals surface area contributed by atoms with Crippen LogP contribution in [0.5, 0.6) is 0 Å². The van der Waals surface area contributed by atoms with Gasteiger partial charge in [-0.15, -0.1) is 0 Å². The first-order chi connectivity index (χ1) is 16.2. The van der Waals surface area contributed by atoms with Crippen LogP contribution in [0.4, 0.5) is 5.69 Å². The second kappa shape index (κ2) is 9.34. The summed E-state index contributed by atoms with van der Waals surface area (Å²) in [4.78, 5) is 49.7. The Morgan fingerprint density at radius 2 is 1.82 bits per heavy atom. The van der Waals surface area contributed by atoms with Gasteiger partial charge in [-0.2, -0.15) is 0 Å². The van der Waals surface area contributed by atoms with Gasteiger partial charge in [-0.1, -0.05) is 30.3 Å². The lowest BCUT2D eigenvalue weighted by molar-refractivity contribution is -0.384. The number of ether oxygens (including phenoxy) is 1. The van der Waals surface area contributed by atoms with E-state index in [9.17, 15) is 28.7 Å². The highest BCUT2D eigenvalue weighted by Gasteiger charge is 2.64. The summed E-state index contributed by atoms with van der Waals surface area (Å²) in [6.45, 7) is 3.18. The number of benzene rings is 2. The Kier molecular flexibility index (Phi) is 6.47. The Morgan fingerprint density at radius 1 is 1.18 bits per heavy atom. The van der Waals surface area contributed by atoms with Crippen LogP contribution in [0.15, 0.2) is 54.6 Å². The number of fused-ring (bicyclic) bond motifs is 1. The fourth-order valence-corrected chi connectivity index (χ4v) is 6.01. The number of carbonyl (C=O) groups excluding carboxylic acids is 3. The lowest BCUT2D eigenvalue weighted by Gasteiger charge is -2.43. The highest BCUT2D eigenvalue weighted by molar-refractivity contribution is 7.86. The van der Waals surface area contributed by atoms with Gasteiger partial charge >= 0.3 is 5.97 Å². The van der Waals surface area contributed by atoms with E-state index in [1.807, 2.05) is 30.3 Å². The van der Waals surface area contributed by atoms with Crippen LogP contribution in [0.25, 0.3) is 0 Å². The van der Waals surface area contributed by atoms with Gasteiger partial charge in [0.2, 0.25) is 11.8 Å². The third-order valence-electron chi connectivity index (χ3n) is 6.19. The third kappa shape index (κ3) is 4.18. The van der Waals surface area contributed by atoms with Gasteiger partial charge in [-0.05, 0) is 37.1 Å². The molecule has 0 bridgehead atoms.